The first-order valence-electron chi connectivity index (χ1n) is 3.36. The van der Waals surface area contributed by atoms with Crippen LogP contribution >= 0.6 is 0 Å². The van der Waals surface area contributed by atoms with Gasteiger partial charge in [0.15, 0.2) is 12.0 Å². The van der Waals surface area contributed by atoms with Gasteiger partial charge >= 0.3 is 0 Å². The van der Waals surface area contributed by atoms with Crippen LogP contribution in [0.1, 0.15) is 5.56 Å². The largest absolute Gasteiger partial charge is 0.443 e. The van der Waals surface area contributed by atoms with Crippen LogP contribution in [-0.2, 0) is 0 Å². The Morgan fingerprint density at radius 2 is 2.36 bits per heavy atom. The van der Waals surface area contributed by atoms with Gasteiger partial charge in [-0.1, -0.05) is 18.7 Å². The molecule has 1 heterocycles. The number of benzene rings is 1. The maximum absolute atomic E-state index is 5.10. The summed E-state index contributed by atoms with van der Waals surface area (Å²) >= 11 is 0. The van der Waals surface area contributed by atoms with Crippen LogP contribution in [0.4, 0.5) is 0 Å². The van der Waals surface area contributed by atoms with Crippen LogP contribution < -0.4 is 0 Å². The maximum atomic E-state index is 5.10. The number of oxazole rings is 1. The highest BCUT2D eigenvalue weighted by Crippen LogP contribution is 2.14. The van der Waals surface area contributed by atoms with Gasteiger partial charge in [0.25, 0.3) is 0 Å². The van der Waals surface area contributed by atoms with E-state index in [0.717, 1.165) is 16.7 Å². The van der Waals surface area contributed by atoms with Gasteiger partial charge in [-0.2, -0.15) is 0 Å². The average molecular weight is 145 g/mol. The van der Waals surface area contributed by atoms with E-state index in [1.165, 1.54) is 6.39 Å². The van der Waals surface area contributed by atoms with E-state index in [1.807, 2.05) is 18.2 Å². The van der Waals surface area contributed by atoms with Gasteiger partial charge in [-0.3, -0.25) is 0 Å². The minimum Gasteiger partial charge on any atom is -0.443 e. The van der Waals surface area contributed by atoms with Gasteiger partial charge in [0.2, 0.25) is 0 Å². The minimum absolute atomic E-state index is 0.808. The Balaban J connectivity index is 2.76. The zero-order chi connectivity index (χ0) is 7.68. The summed E-state index contributed by atoms with van der Waals surface area (Å²) in [5.74, 6) is 0. The van der Waals surface area contributed by atoms with E-state index < -0.39 is 0 Å². The average Bonchev–Trinajstić information content (AvgIpc) is 2.50. The Labute approximate surface area is 64.2 Å². The topological polar surface area (TPSA) is 26.0 Å². The van der Waals surface area contributed by atoms with Gasteiger partial charge in [-0.25, -0.2) is 4.98 Å². The van der Waals surface area contributed by atoms with Crippen molar-refractivity contribution in [2.45, 2.75) is 0 Å². The number of hydrogen-bond donors (Lipinski definition) is 0. The first-order valence-corrected chi connectivity index (χ1v) is 3.36. The molecule has 54 valence electrons. The van der Waals surface area contributed by atoms with Crippen LogP contribution in [0.25, 0.3) is 17.2 Å². The van der Waals surface area contributed by atoms with E-state index in [0.29, 0.717) is 0 Å². The maximum Gasteiger partial charge on any atom is 0.181 e. The molecule has 0 saturated heterocycles. The van der Waals surface area contributed by atoms with E-state index >= 15 is 0 Å². The van der Waals surface area contributed by atoms with Crippen molar-refractivity contribution in [2.75, 3.05) is 0 Å². The molecule has 0 fully saturated rings. The summed E-state index contributed by atoms with van der Waals surface area (Å²) in [5.41, 5.74) is 2.74. The molecule has 2 rings (SSSR count). The second kappa shape index (κ2) is 2.23. The molecule has 0 amide bonds. The lowest BCUT2D eigenvalue weighted by molar-refractivity contribution is 0.602. The standard InChI is InChI=1S/C9H7NO/c1-2-7-3-4-8-9(5-7)11-6-10-8/h2-6H,1H2. The molecule has 2 heteroatoms. The minimum atomic E-state index is 0.808. The molecular formula is C9H7NO. The molecule has 0 radical (unpaired) electrons. The molecule has 0 aliphatic heterocycles. The number of hydrogen-bond acceptors (Lipinski definition) is 2. The van der Waals surface area contributed by atoms with E-state index in [1.54, 1.807) is 6.08 Å². The molecule has 2 aromatic rings. The van der Waals surface area contributed by atoms with Crippen LogP contribution in [0.15, 0.2) is 35.6 Å². The second-order valence-corrected chi connectivity index (χ2v) is 2.28. The summed E-state index contributed by atoms with van der Waals surface area (Å²) in [6, 6.07) is 5.78. The van der Waals surface area contributed by atoms with E-state index in [4.69, 9.17) is 4.42 Å². The van der Waals surface area contributed by atoms with Gasteiger partial charge in [0.1, 0.15) is 5.52 Å². The highest BCUT2D eigenvalue weighted by atomic mass is 16.3. The molecule has 0 aliphatic carbocycles. The molecule has 0 atom stereocenters. The predicted molar refractivity (Wildman–Crippen MR) is 44.1 cm³/mol. The quantitative estimate of drug-likeness (QED) is 0.616. The third kappa shape index (κ3) is 0.923. The molecule has 0 unspecified atom stereocenters. The molecule has 1 aromatic heterocycles. The van der Waals surface area contributed by atoms with Gasteiger partial charge in [0, 0.05) is 0 Å². The smallest absolute Gasteiger partial charge is 0.181 e. The molecule has 11 heavy (non-hydrogen) atoms. The van der Waals surface area contributed by atoms with Crippen LogP contribution in [-0.4, -0.2) is 4.98 Å². The fourth-order valence-corrected chi connectivity index (χ4v) is 0.999. The van der Waals surface area contributed by atoms with E-state index in [-0.39, 0.29) is 0 Å². The fraction of sp³-hybridized carbons (Fsp3) is 0. The number of fused-ring (bicyclic) bond motifs is 1. The Hall–Kier alpha value is -1.57. The van der Waals surface area contributed by atoms with Crippen molar-refractivity contribution < 1.29 is 4.42 Å². The highest BCUT2D eigenvalue weighted by Gasteiger charge is 1.96. The summed E-state index contributed by atoms with van der Waals surface area (Å²) in [6.07, 6.45) is 3.22. The van der Waals surface area contributed by atoms with Crippen LogP contribution in [0.2, 0.25) is 0 Å². The number of aromatic nitrogens is 1. The van der Waals surface area contributed by atoms with Crippen molar-refractivity contribution in [2.24, 2.45) is 0 Å². The lowest BCUT2D eigenvalue weighted by atomic mass is 10.2. The molecule has 0 aliphatic rings. The van der Waals surface area contributed by atoms with Crippen LogP contribution in [0.5, 0.6) is 0 Å². The first-order chi connectivity index (χ1) is 5.40. The van der Waals surface area contributed by atoms with Gasteiger partial charge in [-0.05, 0) is 17.7 Å². The Morgan fingerprint density at radius 1 is 1.45 bits per heavy atom. The molecule has 0 bridgehead atoms. The summed E-state index contributed by atoms with van der Waals surface area (Å²) in [6.45, 7) is 3.66. The van der Waals surface area contributed by atoms with E-state index in [2.05, 4.69) is 11.6 Å². The van der Waals surface area contributed by atoms with Crippen molar-refractivity contribution >= 4 is 17.2 Å². The highest BCUT2D eigenvalue weighted by molar-refractivity contribution is 5.75. The summed E-state index contributed by atoms with van der Waals surface area (Å²) in [5, 5.41) is 0. The molecule has 2 nitrogen and oxygen atoms in total. The van der Waals surface area contributed by atoms with Gasteiger partial charge in [0.05, 0.1) is 0 Å². The zero-order valence-electron chi connectivity index (χ0n) is 5.95. The fourth-order valence-electron chi connectivity index (χ4n) is 0.999. The first kappa shape index (κ1) is 6.16. The molecule has 0 saturated carbocycles. The third-order valence-electron chi connectivity index (χ3n) is 1.59. The zero-order valence-corrected chi connectivity index (χ0v) is 5.95. The summed E-state index contributed by atoms with van der Waals surface area (Å²) in [7, 11) is 0. The monoisotopic (exact) mass is 145 g/mol. The predicted octanol–water partition coefficient (Wildman–Crippen LogP) is 2.47. The second-order valence-electron chi connectivity index (χ2n) is 2.28. The normalized spacial score (nSPS) is 10.2. The number of rotatable bonds is 1. The third-order valence-corrected chi connectivity index (χ3v) is 1.59. The Kier molecular flexibility index (Phi) is 1.25. The molecular weight excluding hydrogens is 138 g/mol. The number of nitrogens with zero attached hydrogens (tertiary/aromatic N) is 1. The molecule has 0 spiro atoms. The van der Waals surface area contributed by atoms with E-state index in [9.17, 15) is 0 Å². The molecule has 0 N–H and O–H groups in total. The van der Waals surface area contributed by atoms with Crippen molar-refractivity contribution in [3.05, 3.63) is 36.7 Å². The van der Waals surface area contributed by atoms with Crippen LogP contribution in [0, 0.1) is 0 Å². The Morgan fingerprint density at radius 3 is 3.18 bits per heavy atom. The van der Waals surface area contributed by atoms with Crippen molar-refractivity contribution in [3.8, 4) is 0 Å². The van der Waals surface area contributed by atoms with Crippen molar-refractivity contribution in [1.82, 2.24) is 4.98 Å². The lowest BCUT2D eigenvalue weighted by Crippen LogP contribution is -1.70. The lowest BCUT2D eigenvalue weighted by Gasteiger charge is -1.89. The van der Waals surface area contributed by atoms with Gasteiger partial charge in [-0.15, -0.1) is 0 Å². The van der Waals surface area contributed by atoms with Crippen molar-refractivity contribution in [1.29, 1.82) is 0 Å². The summed E-state index contributed by atoms with van der Waals surface area (Å²) in [4.78, 5) is 3.99. The molecule has 1 aromatic carbocycles. The van der Waals surface area contributed by atoms with Crippen LogP contribution in [0.3, 0.4) is 0 Å². The Bertz CT molecular complexity index is 389. The SMILES string of the molecule is C=Cc1ccc2ncoc2c1. The van der Waals surface area contributed by atoms with Crippen molar-refractivity contribution in [3.63, 3.8) is 0 Å². The van der Waals surface area contributed by atoms with Gasteiger partial charge < -0.3 is 4.42 Å². The summed E-state index contributed by atoms with van der Waals surface area (Å²) < 4.78 is 5.10.